The molecule has 4 rings (SSSR count). The van der Waals surface area contributed by atoms with E-state index >= 15 is 0 Å². The molecule has 0 spiro atoms. The van der Waals surface area contributed by atoms with Crippen molar-refractivity contribution < 1.29 is 14.7 Å². The van der Waals surface area contributed by atoms with E-state index in [1.807, 2.05) is 6.92 Å². The third-order valence-electron chi connectivity index (χ3n) is 5.23. The van der Waals surface area contributed by atoms with Crippen LogP contribution in [-0.2, 0) is 9.59 Å². The molecule has 3 aliphatic rings. The molecule has 1 heterocycles. The maximum atomic E-state index is 12.8. The van der Waals surface area contributed by atoms with Gasteiger partial charge in [-0.15, -0.1) is 0 Å². The van der Waals surface area contributed by atoms with Gasteiger partial charge in [-0.1, -0.05) is 24.3 Å². The van der Waals surface area contributed by atoms with Gasteiger partial charge in [0.2, 0.25) is 11.8 Å². The highest BCUT2D eigenvalue weighted by Gasteiger charge is 2.67. The van der Waals surface area contributed by atoms with Crippen LogP contribution in [0.1, 0.15) is 13.3 Å². The Bertz CT molecular complexity index is 665. The fraction of sp³-hybridized carbons (Fsp3) is 0.375. The summed E-state index contributed by atoms with van der Waals surface area (Å²) in [5, 5.41) is 9.94. The average Bonchev–Trinajstić information content (AvgIpc) is 3.05. The van der Waals surface area contributed by atoms with Crippen LogP contribution in [0.3, 0.4) is 0 Å². The molecule has 4 heteroatoms. The zero-order valence-electron chi connectivity index (χ0n) is 11.1. The maximum Gasteiger partial charge on any atom is 0.241 e. The predicted molar refractivity (Wildman–Crippen MR) is 72.9 cm³/mol. The normalized spacial score (nSPS) is 37.9. The Labute approximate surface area is 116 Å². The number of hydrogen-bond donors (Lipinski definition) is 1. The summed E-state index contributed by atoms with van der Waals surface area (Å²) in [4.78, 5) is 26.7. The Morgan fingerprint density at radius 1 is 1.25 bits per heavy atom. The second-order valence-corrected chi connectivity index (χ2v) is 6.12. The van der Waals surface area contributed by atoms with Gasteiger partial charge in [0, 0.05) is 0 Å². The number of anilines is 1. The summed E-state index contributed by atoms with van der Waals surface area (Å²) in [6, 6.07) is 6.51. The van der Waals surface area contributed by atoms with Gasteiger partial charge >= 0.3 is 0 Å². The van der Waals surface area contributed by atoms with E-state index in [9.17, 15) is 14.7 Å². The van der Waals surface area contributed by atoms with Gasteiger partial charge in [-0.2, -0.15) is 0 Å². The first kappa shape index (κ1) is 11.7. The van der Waals surface area contributed by atoms with Crippen molar-refractivity contribution in [1.29, 1.82) is 0 Å². The van der Waals surface area contributed by atoms with Gasteiger partial charge in [0.15, 0.2) is 0 Å². The summed E-state index contributed by atoms with van der Waals surface area (Å²) in [6.45, 7) is 1.89. The molecular formula is C16H15NO3. The van der Waals surface area contributed by atoms with E-state index < -0.39 is 5.41 Å². The number of phenols is 1. The van der Waals surface area contributed by atoms with E-state index in [4.69, 9.17) is 0 Å². The van der Waals surface area contributed by atoms with E-state index in [1.54, 1.807) is 18.2 Å². The van der Waals surface area contributed by atoms with Crippen molar-refractivity contribution in [2.45, 2.75) is 13.3 Å². The van der Waals surface area contributed by atoms with Crippen molar-refractivity contribution in [3.63, 3.8) is 0 Å². The average molecular weight is 269 g/mol. The molecule has 102 valence electrons. The van der Waals surface area contributed by atoms with Crippen molar-refractivity contribution in [2.24, 2.45) is 23.2 Å². The van der Waals surface area contributed by atoms with Gasteiger partial charge in [0.25, 0.3) is 0 Å². The number of fused-ring (bicyclic) bond motifs is 5. The Hall–Kier alpha value is -2.10. The first-order valence-corrected chi connectivity index (χ1v) is 6.90. The number of carbonyl (C=O) groups is 2. The number of amides is 2. The van der Waals surface area contributed by atoms with Crippen molar-refractivity contribution in [3.05, 3.63) is 36.4 Å². The fourth-order valence-corrected chi connectivity index (χ4v) is 4.19. The molecular weight excluding hydrogens is 254 g/mol. The fourth-order valence-electron chi connectivity index (χ4n) is 4.19. The van der Waals surface area contributed by atoms with Crippen LogP contribution >= 0.6 is 0 Å². The lowest BCUT2D eigenvalue weighted by Gasteiger charge is -2.28. The van der Waals surface area contributed by atoms with Crippen LogP contribution in [0.2, 0.25) is 0 Å². The number of imide groups is 1. The first-order chi connectivity index (χ1) is 9.55. The number of benzene rings is 1. The molecule has 0 unspecified atom stereocenters. The Kier molecular flexibility index (Phi) is 2.05. The van der Waals surface area contributed by atoms with Gasteiger partial charge in [-0.3, -0.25) is 9.59 Å². The van der Waals surface area contributed by atoms with Crippen LogP contribution in [-0.4, -0.2) is 16.9 Å². The summed E-state index contributed by atoms with van der Waals surface area (Å²) in [7, 11) is 0. The van der Waals surface area contributed by atoms with Crippen molar-refractivity contribution in [2.75, 3.05) is 4.90 Å². The summed E-state index contributed by atoms with van der Waals surface area (Å²) in [6.07, 6.45) is 5.03. The lowest BCUT2D eigenvalue weighted by molar-refractivity contribution is -0.127. The second kappa shape index (κ2) is 3.51. The van der Waals surface area contributed by atoms with Gasteiger partial charge in [-0.25, -0.2) is 4.90 Å². The number of phenolic OH excluding ortho intramolecular Hbond substituents is 1. The highest BCUT2D eigenvalue weighted by Crippen LogP contribution is 2.61. The van der Waals surface area contributed by atoms with Crippen molar-refractivity contribution >= 4 is 17.5 Å². The molecule has 2 bridgehead atoms. The van der Waals surface area contributed by atoms with Crippen LogP contribution in [0.5, 0.6) is 5.75 Å². The van der Waals surface area contributed by atoms with Gasteiger partial charge in [-0.05, 0) is 37.3 Å². The van der Waals surface area contributed by atoms with Crippen LogP contribution in [0.4, 0.5) is 5.69 Å². The molecule has 20 heavy (non-hydrogen) atoms. The lowest BCUT2D eigenvalue weighted by Crippen LogP contribution is -2.37. The lowest BCUT2D eigenvalue weighted by atomic mass is 9.71. The summed E-state index contributed by atoms with van der Waals surface area (Å²) in [5.74, 6) is -0.341. The molecule has 1 saturated carbocycles. The van der Waals surface area contributed by atoms with Crippen molar-refractivity contribution in [3.8, 4) is 5.75 Å². The van der Waals surface area contributed by atoms with Gasteiger partial charge < -0.3 is 5.11 Å². The van der Waals surface area contributed by atoms with Crippen LogP contribution in [0.25, 0.3) is 0 Å². The van der Waals surface area contributed by atoms with Crippen molar-refractivity contribution in [1.82, 2.24) is 0 Å². The molecule has 2 aliphatic carbocycles. The van der Waals surface area contributed by atoms with E-state index in [1.165, 1.54) is 11.0 Å². The number of carbonyl (C=O) groups excluding carboxylic acids is 2. The van der Waals surface area contributed by atoms with Crippen LogP contribution in [0.15, 0.2) is 36.4 Å². The minimum Gasteiger partial charge on any atom is -0.506 e. The van der Waals surface area contributed by atoms with E-state index in [2.05, 4.69) is 12.2 Å². The largest absolute Gasteiger partial charge is 0.506 e. The SMILES string of the molecule is C[C@@]12C(=O)N(c3ccccc3O)C(=O)[C@@H]1[C@H]1C=C[C@H]2C1. The number of para-hydroxylation sites is 2. The molecule has 2 amide bonds. The number of rotatable bonds is 1. The molecule has 4 atom stereocenters. The monoisotopic (exact) mass is 269 g/mol. The Morgan fingerprint density at radius 3 is 2.70 bits per heavy atom. The highest BCUT2D eigenvalue weighted by atomic mass is 16.3. The Morgan fingerprint density at radius 2 is 2.00 bits per heavy atom. The molecule has 1 aliphatic heterocycles. The van der Waals surface area contributed by atoms with E-state index in [-0.39, 0.29) is 35.3 Å². The molecule has 1 aromatic rings. The third-order valence-corrected chi connectivity index (χ3v) is 5.23. The molecule has 1 aromatic carbocycles. The molecule has 1 N–H and O–H groups in total. The summed E-state index contributed by atoms with van der Waals surface area (Å²) >= 11 is 0. The Balaban J connectivity index is 1.85. The van der Waals surface area contributed by atoms with Crippen LogP contribution in [0, 0.1) is 23.2 Å². The minimum absolute atomic E-state index is 0.0296. The van der Waals surface area contributed by atoms with Gasteiger partial charge in [0.05, 0.1) is 17.0 Å². The van der Waals surface area contributed by atoms with Gasteiger partial charge in [0.1, 0.15) is 5.75 Å². The number of hydrogen-bond acceptors (Lipinski definition) is 3. The molecule has 0 radical (unpaired) electrons. The highest BCUT2D eigenvalue weighted by molar-refractivity contribution is 6.25. The molecule has 0 aromatic heterocycles. The second-order valence-electron chi connectivity index (χ2n) is 6.12. The van der Waals surface area contributed by atoms with Crippen LogP contribution < -0.4 is 4.90 Å². The minimum atomic E-state index is -0.640. The smallest absolute Gasteiger partial charge is 0.241 e. The standard InChI is InChI=1S/C16H15NO3/c1-16-10-7-6-9(8-10)13(16)14(19)17(15(16)20)11-4-2-3-5-12(11)18/h2-7,9-10,13,18H,8H2,1H3/t9-,10-,13-,16-/m0/s1. The number of aromatic hydroxyl groups is 1. The predicted octanol–water partition coefficient (Wildman–Crippen LogP) is 2.09. The quantitative estimate of drug-likeness (QED) is 0.627. The zero-order chi connectivity index (χ0) is 14.1. The maximum absolute atomic E-state index is 12.8. The summed E-state index contributed by atoms with van der Waals surface area (Å²) < 4.78 is 0. The third kappa shape index (κ3) is 1.13. The molecule has 2 fully saturated rings. The zero-order valence-corrected chi connectivity index (χ0v) is 11.1. The number of nitrogens with zero attached hydrogens (tertiary/aromatic N) is 1. The molecule has 4 nitrogen and oxygen atoms in total. The summed E-state index contributed by atoms with van der Waals surface area (Å²) in [5.41, 5.74) is -0.337. The van der Waals surface area contributed by atoms with E-state index in [0.717, 1.165) is 6.42 Å². The topological polar surface area (TPSA) is 57.6 Å². The first-order valence-electron chi connectivity index (χ1n) is 6.90. The van der Waals surface area contributed by atoms with E-state index in [0.29, 0.717) is 5.69 Å². The molecule has 1 saturated heterocycles. The number of allylic oxidation sites excluding steroid dienone is 2.